The minimum Gasteiger partial charge on any atom is -0.324 e. The summed E-state index contributed by atoms with van der Waals surface area (Å²) in [6.45, 7) is 4.36. The maximum Gasteiger partial charge on any atom is 0.164 e. The number of H-pyrrole nitrogens is 2. The average Bonchev–Trinajstić information content (AvgIpc) is 3.71. The van der Waals surface area contributed by atoms with Crippen LogP contribution < -0.4 is 0 Å². The van der Waals surface area contributed by atoms with Gasteiger partial charge in [-0.2, -0.15) is 0 Å². The topological polar surface area (TPSA) is 109 Å². The zero-order chi connectivity index (χ0) is 28.7. The molecule has 43 heavy (non-hydrogen) atoms. The van der Waals surface area contributed by atoms with Crippen molar-refractivity contribution in [3.63, 3.8) is 0 Å². The Hall–Kier alpha value is -5.76. The van der Waals surface area contributed by atoms with E-state index in [0.717, 1.165) is 44.2 Å². The highest BCUT2D eigenvalue weighted by atomic mass is 15.1. The molecule has 0 amide bonds. The molecular formula is C35H24N8. The zero-order valence-electron chi connectivity index (χ0n) is 23.4. The molecule has 2 aliphatic heterocycles. The highest BCUT2D eigenvalue weighted by Crippen LogP contribution is 2.37. The predicted octanol–water partition coefficient (Wildman–Crippen LogP) is 7.78. The lowest BCUT2D eigenvalue weighted by atomic mass is 9.93. The van der Waals surface area contributed by atoms with Crippen molar-refractivity contribution < 1.29 is 0 Å². The molecule has 0 atom stereocenters. The van der Waals surface area contributed by atoms with Crippen LogP contribution >= 0.6 is 0 Å². The predicted molar refractivity (Wildman–Crippen MR) is 170 cm³/mol. The number of hydrogen-bond donors (Lipinski definition) is 2. The molecule has 3 aromatic heterocycles. The Morgan fingerprint density at radius 1 is 0.442 bits per heavy atom. The lowest BCUT2D eigenvalue weighted by Crippen LogP contribution is -2.00. The third kappa shape index (κ3) is 3.69. The third-order valence-corrected chi connectivity index (χ3v) is 8.18. The van der Waals surface area contributed by atoms with Crippen molar-refractivity contribution >= 4 is 45.5 Å². The summed E-state index contributed by atoms with van der Waals surface area (Å²) in [5, 5.41) is 1.91. The fraction of sp³-hybridized carbons (Fsp3) is 0.0857. The molecule has 204 valence electrons. The molecule has 5 heterocycles. The van der Waals surface area contributed by atoms with Gasteiger partial charge in [0.15, 0.2) is 23.3 Å². The fourth-order valence-electron chi connectivity index (χ4n) is 5.94. The molecule has 0 spiro atoms. The maximum absolute atomic E-state index is 5.10. The van der Waals surface area contributed by atoms with Crippen LogP contribution in [0, 0.1) is 5.41 Å². The van der Waals surface area contributed by atoms with Gasteiger partial charge in [-0.05, 0) is 0 Å². The number of aromatic amines is 2. The zero-order valence-corrected chi connectivity index (χ0v) is 23.4. The largest absolute Gasteiger partial charge is 0.324 e. The standard InChI is InChI=1S/C35H24N8/c1-35(2)17-15-25-26(16-18-35)34-42-32-24-14-8-6-12-22(24)30(40-32)38-28-20-10-4-3-9-19(20)27(36-28)37-29-21-11-5-7-13-23(21)31(39-29)41-33(25)43-34/h3-18H,1-2H3,(H2,36,37,38,39,40,41,42,43). The number of rotatable bonds is 0. The highest BCUT2D eigenvalue weighted by Gasteiger charge is 2.23. The van der Waals surface area contributed by atoms with Crippen molar-refractivity contribution in [2.75, 3.05) is 0 Å². The maximum atomic E-state index is 5.10. The van der Waals surface area contributed by atoms with Gasteiger partial charge < -0.3 is 9.97 Å². The summed E-state index contributed by atoms with van der Waals surface area (Å²) >= 11 is 0. The minimum absolute atomic E-state index is 0.123. The summed E-state index contributed by atoms with van der Waals surface area (Å²) in [6.07, 6.45) is 8.62. The van der Waals surface area contributed by atoms with E-state index in [0.29, 0.717) is 45.9 Å². The van der Waals surface area contributed by atoms with E-state index in [4.69, 9.17) is 29.9 Å². The molecule has 0 fully saturated rings. The van der Waals surface area contributed by atoms with Crippen molar-refractivity contribution in [3.8, 4) is 45.6 Å². The van der Waals surface area contributed by atoms with Gasteiger partial charge in [0.1, 0.15) is 22.6 Å². The molecule has 3 aromatic carbocycles. The fourth-order valence-corrected chi connectivity index (χ4v) is 5.94. The van der Waals surface area contributed by atoms with Gasteiger partial charge in [-0.1, -0.05) is 111 Å². The Bertz CT molecular complexity index is 2230. The van der Waals surface area contributed by atoms with E-state index >= 15 is 0 Å². The normalized spacial score (nSPS) is 14.3. The van der Waals surface area contributed by atoms with E-state index < -0.39 is 0 Å². The molecule has 0 saturated carbocycles. The first kappa shape index (κ1) is 23.9. The Balaban J connectivity index is 1.49. The molecule has 0 unspecified atom stereocenters. The van der Waals surface area contributed by atoms with Crippen LogP contribution in [0.15, 0.2) is 84.9 Å². The first-order valence-electron chi connectivity index (χ1n) is 14.2. The molecule has 8 nitrogen and oxygen atoms in total. The van der Waals surface area contributed by atoms with Crippen molar-refractivity contribution in [2.24, 2.45) is 5.41 Å². The van der Waals surface area contributed by atoms with Gasteiger partial charge in [-0.3, -0.25) is 0 Å². The summed E-state index contributed by atoms with van der Waals surface area (Å²) in [5.74, 6) is 2.38. The molecule has 8 heteroatoms. The van der Waals surface area contributed by atoms with E-state index in [9.17, 15) is 0 Å². The van der Waals surface area contributed by atoms with Crippen LogP contribution in [-0.4, -0.2) is 39.9 Å². The quantitative estimate of drug-likeness (QED) is 0.197. The average molecular weight is 557 g/mol. The van der Waals surface area contributed by atoms with E-state index in [1.165, 1.54) is 0 Å². The van der Waals surface area contributed by atoms with Crippen molar-refractivity contribution in [1.82, 2.24) is 39.9 Å². The van der Waals surface area contributed by atoms with Gasteiger partial charge in [0.25, 0.3) is 0 Å². The lowest BCUT2D eigenvalue weighted by Gasteiger charge is -2.12. The Kier molecular flexibility index (Phi) is 4.79. The number of aromatic nitrogens is 8. The Morgan fingerprint density at radius 2 is 0.791 bits per heavy atom. The second kappa shape index (κ2) is 8.62. The molecule has 0 saturated heterocycles. The van der Waals surface area contributed by atoms with Crippen LogP contribution in [0.5, 0.6) is 0 Å². The van der Waals surface area contributed by atoms with Gasteiger partial charge in [-0.15, -0.1) is 0 Å². The van der Waals surface area contributed by atoms with Crippen LogP contribution in [0.4, 0.5) is 0 Å². The number of allylic oxidation sites excluding steroid dienone is 2. The number of fused-ring (bicyclic) bond motifs is 20. The lowest BCUT2D eigenvalue weighted by molar-refractivity contribution is 0.633. The summed E-state index contributed by atoms with van der Waals surface area (Å²) in [7, 11) is 0. The molecule has 0 radical (unpaired) electrons. The Morgan fingerprint density at radius 3 is 1.21 bits per heavy atom. The first-order chi connectivity index (χ1) is 21.0. The van der Waals surface area contributed by atoms with Crippen LogP contribution in [0.1, 0.15) is 25.0 Å². The number of nitrogens with one attached hydrogen (secondary N) is 2. The summed E-state index contributed by atoms with van der Waals surface area (Å²) < 4.78 is 0. The van der Waals surface area contributed by atoms with E-state index in [-0.39, 0.29) is 5.41 Å². The molecular weight excluding hydrogens is 532 g/mol. The van der Waals surface area contributed by atoms with Gasteiger partial charge in [-0.25, -0.2) is 29.9 Å². The van der Waals surface area contributed by atoms with Crippen molar-refractivity contribution in [1.29, 1.82) is 0 Å². The van der Waals surface area contributed by atoms with E-state index in [2.05, 4.69) is 48.1 Å². The molecule has 9 rings (SSSR count). The van der Waals surface area contributed by atoms with Gasteiger partial charge >= 0.3 is 0 Å². The number of hydrogen-bond acceptors (Lipinski definition) is 6. The second-order valence-corrected chi connectivity index (χ2v) is 11.6. The summed E-state index contributed by atoms with van der Waals surface area (Å²) in [4.78, 5) is 37.2. The molecule has 3 aliphatic rings. The minimum atomic E-state index is -0.123. The van der Waals surface area contributed by atoms with Gasteiger partial charge in [0.2, 0.25) is 0 Å². The van der Waals surface area contributed by atoms with Gasteiger partial charge in [0, 0.05) is 49.6 Å². The van der Waals surface area contributed by atoms with E-state index in [1.807, 2.05) is 72.8 Å². The highest BCUT2D eigenvalue weighted by molar-refractivity contribution is 6.05. The molecule has 8 bridgehead atoms. The number of benzene rings is 3. The van der Waals surface area contributed by atoms with Gasteiger partial charge in [0.05, 0.1) is 0 Å². The summed E-state index contributed by atoms with van der Waals surface area (Å²) in [5.41, 5.74) is 8.22. The Labute approximate surface area is 246 Å². The van der Waals surface area contributed by atoms with Crippen LogP contribution in [-0.2, 0) is 0 Å². The van der Waals surface area contributed by atoms with Crippen molar-refractivity contribution in [2.45, 2.75) is 13.8 Å². The smallest absolute Gasteiger partial charge is 0.164 e. The third-order valence-electron chi connectivity index (χ3n) is 8.18. The van der Waals surface area contributed by atoms with E-state index in [1.54, 1.807) is 0 Å². The molecule has 1 aliphatic carbocycles. The van der Waals surface area contributed by atoms with Crippen molar-refractivity contribution in [3.05, 3.63) is 96.1 Å². The second-order valence-electron chi connectivity index (χ2n) is 11.6. The molecule has 2 N–H and O–H groups in total. The monoisotopic (exact) mass is 556 g/mol. The first-order valence-corrected chi connectivity index (χ1v) is 14.2. The van der Waals surface area contributed by atoms with Crippen LogP contribution in [0.25, 0.3) is 91.1 Å². The SMILES string of the molecule is CC1(C)C=Cc2c(c3nc4nc(nc5[nH]c(nc6nc(nc2[nH]3)-c2ccccc2-6)c2ccccc52)-c2ccccc2-4)C=C1. The van der Waals surface area contributed by atoms with Crippen LogP contribution in [0.2, 0.25) is 0 Å². The molecule has 6 aromatic rings. The van der Waals surface area contributed by atoms with Crippen LogP contribution in [0.3, 0.4) is 0 Å². The summed E-state index contributed by atoms with van der Waals surface area (Å²) in [6, 6.07) is 24.2. The number of nitrogens with zero attached hydrogens (tertiary/aromatic N) is 6.